The summed E-state index contributed by atoms with van der Waals surface area (Å²) in [4.78, 5) is 10.4. The molecule has 3 nitrogen and oxygen atoms in total. The summed E-state index contributed by atoms with van der Waals surface area (Å²) in [6, 6.07) is 2.13. The number of nitrogens with zero attached hydrogens (tertiary/aromatic N) is 2. The molecule has 0 radical (unpaired) electrons. The number of anilines is 1. The van der Waals surface area contributed by atoms with Gasteiger partial charge in [0.2, 0.25) is 0 Å². The highest BCUT2D eigenvalue weighted by Gasteiger charge is 2.13. The summed E-state index contributed by atoms with van der Waals surface area (Å²) in [5, 5.41) is 6.63. The van der Waals surface area contributed by atoms with Crippen molar-refractivity contribution in [1.29, 1.82) is 0 Å². The maximum absolute atomic E-state index is 4.71. The molecule has 0 saturated heterocycles. The molecule has 0 bridgehead atoms. The van der Waals surface area contributed by atoms with E-state index in [4.69, 9.17) is 4.98 Å². The molecule has 104 valence electrons. The number of rotatable bonds is 4. The number of nitrogens with one attached hydrogen (secondary N) is 1. The first-order valence-electron chi connectivity index (χ1n) is 6.71. The maximum Gasteiger partial charge on any atom is 0.112 e. The Morgan fingerprint density at radius 2 is 2.15 bits per heavy atom. The number of thiazole rings is 1. The van der Waals surface area contributed by atoms with Crippen LogP contribution in [0.3, 0.4) is 0 Å². The Balaban J connectivity index is 2.00. The molecule has 0 atom stereocenters. The maximum atomic E-state index is 4.71. The van der Waals surface area contributed by atoms with E-state index in [2.05, 4.69) is 37.1 Å². The van der Waals surface area contributed by atoms with Gasteiger partial charge in [-0.15, -0.1) is 22.7 Å². The quantitative estimate of drug-likeness (QED) is 0.768. The van der Waals surface area contributed by atoms with Crippen LogP contribution in [0, 0.1) is 13.8 Å². The number of aryl methyl sites for hydroxylation is 3. The van der Waals surface area contributed by atoms with Crippen LogP contribution in [0.2, 0.25) is 0 Å². The largest absolute Gasteiger partial charge is 0.377 e. The molecule has 0 fully saturated rings. The van der Waals surface area contributed by atoms with Gasteiger partial charge >= 0.3 is 0 Å². The molecule has 0 aliphatic rings. The molecule has 0 aliphatic carbocycles. The fourth-order valence-corrected chi connectivity index (χ4v) is 4.06. The second-order valence-electron chi connectivity index (χ2n) is 4.77. The highest BCUT2D eigenvalue weighted by Crippen LogP contribution is 2.35. The third kappa shape index (κ3) is 2.43. The zero-order valence-corrected chi connectivity index (χ0v) is 13.5. The minimum absolute atomic E-state index is 0.772. The molecular formula is C15H17N3S2. The Hall–Kier alpha value is -1.46. The lowest BCUT2D eigenvalue weighted by molar-refractivity contribution is 1.10. The molecule has 1 N–H and O–H groups in total. The molecule has 0 aliphatic heterocycles. The van der Waals surface area contributed by atoms with Crippen LogP contribution in [0.15, 0.2) is 17.6 Å². The summed E-state index contributed by atoms with van der Waals surface area (Å²) < 4.78 is 1.27. The predicted octanol–water partition coefficient (Wildman–Crippen LogP) is 4.54. The first-order valence-corrected chi connectivity index (χ1v) is 8.40. The molecule has 0 amide bonds. The number of hydrogen-bond acceptors (Lipinski definition) is 5. The van der Waals surface area contributed by atoms with E-state index in [-0.39, 0.29) is 0 Å². The van der Waals surface area contributed by atoms with E-state index in [1.807, 2.05) is 22.9 Å². The van der Waals surface area contributed by atoms with Gasteiger partial charge in [0, 0.05) is 22.1 Å². The molecule has 0 unspecified atom stereocenters. The van der Waals surface area contributed by atoms with Crippen molar-refractivity contribution in [1.82, 2.24) is 9.97 Å². The fourth-order valence-electron chi connectivity index (χ4n) is 2.33. The van der Waals surface area contributed by atoms with Crippen molar-refractivity contribution in [3.8, 4) is 0 Å². The molecule has 0 aromatic carbocycles. The van der Waals surface area contributed by atoms with Gasteiger partial charge in [-0.05, 0) is 31.9 Å². The zero-order chi connectivity index (χ0) is 14.1. The average Bonchev–Trinajstić information content (AvgIpc) is 3.05. The van der Waals surface area contributed by atoms with Crippen LogP contribution < -0.4 is 5.32 Å². The third-order valence-electron chi connectivity index (χ3n) is 3.33. The van der Waals surface area contributed by atoms with Gasteiger partial charge in [-0.2, -0.15) is 0 Å². The van der Waals surface area contributed by atoms with Gasteiger partial charge in [-0.1, -0.05) is 6.92 Å². The Bertz CT molecular complexity index is 729. The molecule has 5 heteroatoms. The van der Waals surface area contributed by atoms with Crippen molar-refractivity contribution in [3.63, 3.8) is 0 Å². The SMILES string of the molecule is CCc1sc2c(NCc3nccs3)cc(C)nc2c1C. The minimum atomic E-state index is 0.772. The van der Waals surface area contributed by atoms with Gasteiger partial charge in [-0.3, -0.25) is 4.98 Å². The molecule has 3 aromatic rings. The van der Waals surface area contributed by atoms with Crippen LogP contribution in [0.5, 0.6) is 0 Å². The monoisotopic (exact) mass is 303 g/mol. The summed E-state index contributed by atoms with van der Waals surface area (Å²) >= 11 is 3.53. The number of pyridine rings is 1. The Morgan fingerprint density at radius 3 is 2.85 bits per heavy atom. The van der Waals surface area contributed by atoms with E-state index < -0.39 is 0 Å². The molecule has 3 rings (SSSR count). The van der Waals surface area contributed by atoms with Gasteiger partial charge in [0.1, 0.15) is 5.01 Å². The molecule has 3 aromatic heterocycles. The Morgan fingerprint density at radius 1 is 1.30 bits per heavy atom. The van der Waals surface area contributed by atoms with Crippen molar-refractivity contribution in [2.45, 2.75) is 33.7 Å². The number of hydrogen-bond donors (Lipinski definition) is 1. The van der Waals surface area contributed by atoms with Crippen molar-refractivity contribution >= 4 is 38.6 Å². The van der Waals surface area contributed by atoms with Gasteiger partial charge in [0.15, 0.2) is 0 Å². The van der Waals surface area contributed by atoms with Crippen LogP contribution in [-0.4, -0.2) is 9.97 Å². The smallest absolute Gasteiger partial charge is 0.112 e. The van der Waals surface area contributed by atoms with Gasteiger partial charge in [0.05, 0.1) is 22.4 Å². The lowest BCUT2D eigenvalue weighted by atomic mass is 10.2. The third-order valence-corrected chi connectivity index (χ3v) is 5.57. The second kappa shape index (κ2) is 5.50. The molecular weight excluding hydrogens is 286 g/mol. The van der Waals surface area contributed by atoms with Gasteiger partial charge in [0.25, 0.3) is 0 Å². The first-order chi connectivity index (χ1) is 9.69. The lowest BCUT2D eigenvalue weighted by Gasteiger charge is -2.07. The van der Waals surface area contributed by atoms with E-state index in [0.717, 1.165) is 29.2 Å². The predicted molar refractivity (Wildman–Crippen MR) is 87.9 cm³/mol. The average molecular weight is 303 g/mol. The summed E-state index contributed by atoms with van der Waals surface area (Å²) in [6.45, 7) is 7.20. The van der Waals surface area contributed by atoms with Crippen molar-refractivity contribution < 1.29 is 0 Å². The van der Waals surface area contributed by atoms with E-state index in [9.17, 15) is 0 Å². The van der Waals surface area contributed by atoms with E-state index in [1.54, 1.807) is 11.3 Å². The van der Waals surface area contributed by atoms with Crippen molar-refractivity contribution in [2.75, 3.05) is 5.32 Å². The topological polar surface area (TPSA) is 37.8 Å². The van der Waals surface area contributed by atoms with Crippen LogP contribution in [-0.2, 0) is 13.0 Å². The normalized spacial score (nSPS) is 11.2. The van der Waals surface area contributed by atoms with E-state index in [0.29, 0.717) is 0 Å². The molecule has 0 spiro atoms. The second-order valence-corrected chi connectivity index (χ2v) is 6.86. The summed E-state index contributed by atoms with van der Waals surface area (Å²) in [7, 11) is 0. The van der Waals surface area contributed by atoms with Crippen molar-refractivity contribution in [3.05, 3.63) is 38.8 Å². The fraction of sp³-hybridized carbons (Fsp3) is 0.333. The Labute approximate surface area is 126 Å². The Kier molecular flexibility index (Phi) is 3.72. The van der Waals surface area contributed by atoms with Gasteiger partial charge < -0.3 is 5.32 Å². The summed E-state index contributed by atoms with van der Waals surface area (Å²) in [5.74, 6) is 0. The number of thiophene rings is 1. The van der Waals surface area contributed by atoms with Crippen LogP contribution in [0.4, 0.5) is 5.69 Å². The first kappa shape index (κ1) is 13.5. The van der Waals surface area contributed by atoms with E-state index >= 15 is 0 Å². The zero-order valence-electron chi connectivity index (χ0n) is 11.9. The van der Waals surface area contributed by atoms with Crippen molar-refractivity contribution in [2.24, 2.45) is 0 Å². The minimum Gasteiger partial charge on any atom is -0.377 e. The summed E-state index contributed by atoms with van der Waals surface area (Å²) in [6.07, 6.45) is 2.91. The highest BCUT2D eigenvalue weighted by molar-refractivity contribution is 7.19. The summed E-state index contributed by atoms with van der Waals surface area (Å²) in [5.41, 5.74) is 4.71. The number of fused-ring (bicyclic) bond motifs is 1. The molecule has 0 saturated carbocycles. The van der Waals surface area contributed by atoms with Crippen LogP contribution in [0.25, 0.3) is 10.2 Å². The van der Waals surface area contributed by atoms with E-state index in [1.165, 1.54) is 20.8 Å². The highest BCUT2D eigenvalue weighted by atomic mass is 32.1. The lowest BCUT2D eigenvalue weighted by Crippen LogP contribution is -2.00. The molecule has 20 heavy (non-hydrogen) atoms. The standard InChI is InChI=1S/C15H17N3S2/c1-4-12-10(3)14-15(20-12)11(7-9(2)18-14)17-8-13-16-5-6-19-13/h5-7H,4,8H2,1-3H3,(H,17,18). The van der Waals surface area contributed by atoms with Gasteiger partial charge in [-0.25, -0.2) is 4.98 Å². The van der Waals surface area contributed by atoms with Crippen LogP contribution in [0.1, 0.15) is 28.1 Å². The van der Waals surface area contributed by atoms with Crippen LogP contribution >= 0.6 is 22.7 Å². The number of aromatic nitrogens is 2. The molecule has 3 heterocycles.